The third kappa shape index (κ3) is 3.20. The Morgan fingerprint density at radius 3 is 3.21 bits per heavy atom. The minimum absolute atomic E-state index is 0.169. The van der Waals surface area contributed by atoms with Crippen LogP contribution in [-0.4, -0.2) is 48.8 Å². The molecule has 0 radical (unpaired) electrons. The Morgan fingerprint density at radius 1 is 1.63 bits per heavy atom. The Labute approximate surface area is 112 Å². The number of rotatable bonds is 3. The molecule has 2 rings (SSSR count). The van der Waals surface area contributed by atoms with E-state index in [1.807, 2.05) is 0 Å². The van der Waals surface area contributed by atoms with Crippen LogP contribution in [0.3, 0.4) is 0 Å². The van der Waals surface area contributed by atoms with Gasteiger partial charge in [-0.3, -0.25) is 0 Å². The van der Waals surface area contributed by atoms with Crippen molar-refractivity contribution in [2.24, 2.45) is 0 Å². The molecule has 1 aliphatic rings. The van der Waals surface area contributed by atoms with Gasteiger partial charge in [-0.1, -0.05) is 6.92 Å². The minimum atomic E-state index is -0.409. The van der Waals surface area contributed by atoms with Crippen molar-refractivity contribution >= 4 is 11.8 Å². The molecule has 1 saturated heterocycles. The van der Waals surface area contributed by atoms with Gasteiger partial charge >= 0.3 is 5.97 Å². The Bertz CT molecular complexity index is 439. The molecule has 19 heavy (non-hydrogen) atoms. The first-order valence-electron chi connectivity index (χ1n) is 6.51. The average Bonchev–Trinajstić information content (AvgIpc) is 2.71. The second-order valence-corrected chi connectivity index (χ2v) is 4.45. The number of ether oxygens (including phenoxy) is 2. The van der Waals surface area contributed by atoms with E-state index in [9.17, 15) is 4.79 Å². The van der Waals surface area contributed by atoms with E-state index in [-0.39, 0.29) is 6.10 Å². The Kier molecular flexibility index (Phi) is 4.68. The molecule has 0 amide bonds. The van der Waals surface area contributed by atoms with Crippen molar-refractivity contribution in [1.82, 2.24) is 9.97 Å². The highest BCUT2D eigenvalue weighted by molar-refractivity contribution is 5.94. The molecule has 6 heteroatoms. The van der Waals surface area contributed by atoms with Crippen molar-refractivity contribution in [2.45, 2.75) is 25.9 Å². The van der Waals surface area contributed by atoms with Crippen LogP contribution in [0.1, 0.15) is 30.1 Å². The highest BCUT2D eigenvalue weighted by atomic mass is 16.5. The highest BCUT2D eigenvalue weighted by Crippen LogP contribution is 2.20. The molecule has 0 bridgehead atoms. The van der Waals surface area contributed by atoms with Crippen molar-refractivity contribution in [1.29, 1.82) is 0 Å². The van der Waals surface area contributed by atoms with E-state index < -0.39 is 5.97 Å². The summed E-state index contributed by atoms with van der Waals surface area (Å²) in [7, 11) is 1.36. The number of esters is 1. The maximum Gasteiger partial charge on any atom is 0.343 e. The zero-order valence-corrected chi connectivity index (χ0v) is 11.3. The van der Waals surface area contributed by atoms with Crippen LogP contribution in [0.15, 0.2) is 12.5 Å². The first kappa shape index (κ1) is 13.7. The van der Waals surface area contributed by atoms with E-state index >= 15 is 0 Å². The van der Waals surface area contributed by atoms with E-state index in [1.54, 1.807) is 0 Å². The van der Waals surface area contributed by atoms with Gasteiger partial charge in [0, 0.05) is 25.9 Å². The van der Waals surface area contributed by atoms with Crippen molar-refractivity contribution in [3.05, 3.63) is 18.1 Å². The van der Waals surface area contributed by atoms with Crippen LogP contribution >= 0.6 is 0 Å². The Hall–Kier alpha value is -1.69. The second-order valence-electron chi connectivity index (χ2n) is 4.45. The first-order chi connectivity index (χ1) is 9.26. The van der Waals surface area contributed by atoms with Gasteiger partial charge < -0.3 is 14.4 Å². The number of anilines is 1. The molecule has 1 atom stereocenters. The lowest BCUT2D eigenvalue weighted by Crippen LogP contribution is -2.33. The third-order valence-corrected chi connectivity index (χ3v) is 3.20. The molecule has 0 aliphatic carbocycles. The molecule has 6 nitrogen and oxygen atoms in total. The average molecular weight is 265 g/mol. The molecule has 0 spiro atoms. The predicted octanol–water partition coefficient (Wildman–Crippen LogP) is 1.27. The van der Waals surface area contributed by atoms with Gasteiger partial charge in [0.1, 0.15) is 17.7 Å². The predicted molar refractivity (Wildman–Crippen MR) is 70.2 cm³/mol. The SMILES string of the molecule is CCC1CN(c2ncncc2C(=O)OC)CCCO1. The fourth-order valence-electron chi connectivity index (χ4n) is 2.16. The molecule has 1 unspecified atom stereocenters. The van der Waals surface area contributed by atoms with Gasteiger partial charge in [-0.15, -0.1) is 0 Å². The van der Waals surface area contributed by atoms with E-state index in [4.69, 9.17) is 9.47 Å². The molecule has 104 valence electrons. The zero-order valence-electron chi connectivity index (χ0n) is 11.3. The summed E-state index contributed by atoms with van der Waals surface area (Å²) >= 11 is 0. The molecule has 0 aromatic carbocycles. The second kappa shape index (κ2) is 6.47. The molecule has 1 aliphatic heterocycles. The molecule has 1 aromatic rings. The first-order valence-corrected chi connectivity index (χ1v) is 6.51. The van der Waals surface area contributed by atoms with E-state index in [0.717, 1.165) is 32.5 Å². The number of hydrogen-bond acceptors (Lipinski definition) is 6. The fourth-order valence-corrected chi connectivity index (χ4v) is 2.16. The number of carbonyl (C=O) groups is 1. The lowest BCUT2D eigenvalue weighted by Gasteiger charge is -2.25. The molecule has 0 saturated carbocycles. The lowest BCUT2D eigenvalue weighted by molar-refractivity contribution is 0.0598. The van der Waals surface area contributed by atoms with Crippen LogP contribution in [0.4, 0.5) is 5.82 Å². The number of aromatic nitrogens is 2. The zero-order chi connectivity index (χ0) is 13.7. The van der Waals surface area contributed by atoms with Gasteiger partial charge in [-0.05, 0) is 12.8 Å². The number of methoxy groups -OCH3 is 1. The Balaban J connectivity index is 2.26. The van der Waals surface area contributed by atoms with Crippen LogP contribution in [0.25, 0.3) is 0 Å². The van der Waals surface area contributed by atoms with Gasteiger partial charge in [-0.25, -0.2) is 14.8 Å². The van der Waals surface area contributed by atoms with E-state index in [1.165, 1.54) is 19.6 Å². The summed E-state index contributed by atoms with van der Waals surface area (Å²) in [6, 6.07) is 0. The maximum absolute atomic E-state index is 11.8. The van der Waals surface area contributed by atoms with Crippen molar-refractivity contribution in [3.8, 4) is 0 Å². The van der Waals surface area contributed by atoms with Crippen molar-refractivity contribution in [2.75, 3.05) is 31.7 Å². The summed E-state index contributed by atoms with van der Waals surface area (Å²) in [5.74, 6) is 0.222. The highest BCUT2D eigenvalue weighted by Gasteiger charge is 2.23. The molecular formula is C13H19N3O3. The Morgan fingerprint density at radius 2 is 2.47 bits per heavy atom. The molecule has 1 fully saturated rings. The number of hydrogen-bond donors (Lipinski definition) is 0. The van der Waals surface area contributed by atoms with Crippen molar-refractivity contribution in [3.63, 3.8) is 0 Å². The van der Waals surface area contributed by atoms with Crippen LogP contribution in [-0.2, 0) is 9.47 Å². The van der Waals surface area contributed by atoms with Gasteiger partial charge in [0.25, 0.3) is 0 Å². The summed E-state index contributed by atoms with van der Waals surface area (Å²) in [5, 5.41) is 0. The van der Waals surface area contributed by atoms with Gasteiger partial charge in [-0.2, -0.15) is 0 Å². The van der Waals surface area contributed by atoms with Crippen LogP contribution in [0.5, 0.6) is 0 Å². The quantitative estimate of drug-likeness (QED) is 0.767. The fraction of sp³-hybridized carbons (Fsp3) is 0.615. The molecule has 1 aromatic heterocycles. The smallest absolute Gasteiger partial charge is 0.343 e. The topological polar surface area (TPSA) is 64.6 Å². The monoisotopic (exact) mass is 265 g/mol. The maximum atomic E-state index is 11.8. The lowest BCUT2D eigenvalue weighted by atomic mass is 10.2. The molecule has 2 heterocycles. The summed E-state index contributed by atoms with van der Waals surface area (Å²) in [5.41, 5.74) is 0.404. The standard InChI is InChI=1S/C13H19N3O3/c1-3-10-8-16(5-4-6-19-10)12-11(13(17)18-2)7-14-9-15-12/h7,9-10H,3-6,8H2,1-2H3. The summed E-state index contributed by atoms with van der Waals surface area (Å²) in [4.78, 5) is 22.0. The van der Waals surface area contributed by atoms with Crippen molar-refractivity contribution < 1.29 is 14.3 Å². The van der Waals surface area contributed by atoms with E-state index in [2.05, 4.69) is 21.8 Å². The van der Waals surface area contributed by atoms with Crippen LogP contribution in [0.2, 0.25) is 0 Å². The van der Waals surface area contributed by atoms with Crippen LogP contribution in [0, 0.1) is 0 Å². The summed E-state index contributed by atoms with van der Waals surface area (Å²) < 4.78 is 10.5. The van der Waals surface area contributed by atoms with Gasteiger partial charge in [0.15, 0.2) is 0 Å². The van der Waals surface area contributed by atoms with Gasteiger partial charge in [0.2, 0.25) is 0 Å². The largest absolute Gasteiger partial charge is 0.465 e. The molecule has 0 N–H and O–H groups in total. The van der Waals surface area contributed by atoms with Crippen LogP contribution < -0.4 is 4.90 Å². The number of nitrogens with zero attached hydrogens (tertiary/aromatic N) is 3. The minimum Gasteiger partial charge on any atom is -0.465 e. The van der Waals surface area contributed by atoms with Gasteiger partial charge in [0.05, 0.1) is 13.2 Å². The third-order valence-electron chi connectivity index (χ3n) is 3.20. The molecular weight excluding hydrogens is 246 g/mol. The van der Waals surface area contributed by atoms with E-state index in [0.29, 0.717) is 11.4 Å². The summed E-state index contributed by atoms with van der Waals surface area (Å²) in [6.07, 6.45) is 4.98. The number of carbonyl (C=O) groups excluding carboxylic acids is 1. The normalized spacial score (nSPS) is 19.9. The summed E-state index contributed by atoms with van der Waals surface area (Å²) in [6.45, 7) is 4.39.